The van der Waals surface area contributed by atoms with Crippen molar-refractivity contribution in [1.29, 1.82) is 0 Å². The third-order valence-corrected chi connectivity index (χ3v) is 6.16. The normalized spacial score (nSPS) is 21.7. The quantitative estimate of drug-likeness (QED) is 0.716. The molecule has 0 aliphatic carbocycles. The standard InChI is InChI=1S/C22H34N2O2/c1-4-17(2)23-13-9-21(10-14-23)26-22-11-15-24(16-12-22)20-7-5-19(6-8-20)18(3)25/h5-8,17,21-22H,4,9-16H2,1-3H3/t17-/m1/s1. The van der Waals surface area contributed by atoms with Crippen molar-refractivity contribution >= 4 is 11.5 Å². The molecule has 1 atom stereocenters. The molecule has 0 aromatic heterocycles. The van der Waals surface area contributed by atoms with Gasteiger partial charge in [-0.05, 0) is 70.2 Å². The number of piperidine rings is 2. The molecule has 2 fully saturated rings. The van der Waals surface area contributed by atoms with Crippen LogP contribution < -0.4 is 4.90 Å². The van der Waals surface area contributed by atoms with Gasteiger partial charge in [0.05, 0.1) is 12.2 Å². The molecule has 0 N–H and O–H groups in total. The van der Waals surface area contributed by atoms with Crippen LogP contribution in [0.2, 0.25) is 0 Å². The minimum atomic E-state index is 0.128. The van der Waals surface area contributed by atoms with Crippen LogP contribution in [0.1, 0.15) is 63.2 Å². The summed E-state index contributed by atoms with van der Waals surface area (Å²) in [6.45, 7) is 10.7. The van der Waals surface area contributed by atoms with Crippen molar-refractivity contribution in [1.82, 2.24) is 4.90 Å². The van der Waals surface area contributed by atoms with Crippen molar-refractivity contribution in [3.8, 4) is 0 Å². The lowest BCUT2D eigenvalue weighted by atomic mass is 10.0. The predicted octanol–water partition coefficient (Wildman–Crippen LogP) is 4.14. The van der Waals surface area contributed by atoms with Crippen LogP contribution in [0.4, 0.5) is 5.69 Å². The van der Waals surface area contributed by atoms with Gasteiger partial charge >= 0.3 is 0 Å². The van der Waals surface area contributed by atoms with E-state index in [-0.39, 0.29) is 5.78 Å². The second-order valence-corrected chi connectivity index (χ2v) is 7.92. The number of hydrogen-bond donors (Lipinski definition) is 0. The number of ketones is 1. The van der Waals surface area contributed by atoms with E-state index in [9.17, 15) is 4.79 Å². The largest absolute Gasteiger partial charge is 0.375 e. The van der Waals surface area contributed by atoms with Crippen LogP contribution in [0.5, 0.6) is 0 Å². The molecule has 1 aromatic rings. The fraction of sp³-hybridized carbons (Fsp3) is 0.682. The van der Waals surface area contributed by atoms with E-state index in [2.05, 4.69) is 35.8 Å². The highest BCUT2D eigenvalue weighted by molar-refractivity contribution is 5.94. The van der Waals surface area contributed by atoms with Gasteiger partial charge in [-0.25, -0.2) is 0 Å². The number of hydrogen-bond acceptors (Lipinski definition) is 4. The lowest BCUT2D eigenvalue weighted by Crippen LogP contribution is -2.44. The summed E-state index contributed by atoms with van der Waals surface area (Å²) in [7, 11) is 0. The molecule has 2 aliphatic heterocycles. The average molecular weight is 359 g/mol. The highest BCUT2D eigenvalue weighted by Crippen LogP contribution is 2.25. The number of Topliss-reactive ketones (excluding diaryl/α,β-unsaturated/α-hetero) is 1. The summed E-state index contributed by atoms with van der Waals surface area (Å²) >= 11 is 0. The summed E-state index contributed by atoms with van der Waals surface area (Å²) in [5.41, 5.74) is 2.01. The second kappa shape index (κ2) is 9.01. The summed E-state index contributed by atoms with van der Waals surface area (Å²) in [6.07, 6.45) is 6.63. The van der Waals surface area contributed by atoms with E-state index >= 15 is 0 Å². The van der Waals surface area contributed by atoms with Crippen LogP contribution in [0, 0.1) is 0 Å². The third-order valence-electron chi connectivity index (χ3n) is 6.16. The molecule has 0 radical (unpaired) electrons. The molecular weight excluding hydrogens is 324 g/mol. The molecule has 4 nitrogen and oxygen atoms in total. The highest BCUT2D eigenvalue weighted by atomic mass is 16.5. The van der Waals surface area contributed by atoms with Gasteiger partial charge < -0.3 is 14.5 Å². The maximum Gasteiger partial charge on any atom is 0.159 e. The lowest BCUT2D eigenvalue weighted by molar-refractivity contribution is -0.0549. The van der Waals surface area contributed by atoms with E-state index in [1.54, 1.807) is 6.92 Å². The summed E-state index contributed by atoms with van der Waals surface area (Å²) < 4.78 is 6.43. The number of likely N-dealkylation sites (tertiary alicyclic amines) is 1. The van der Waals surface area contributed by atoms with Crippen LogP contribution in [-0.4, -0.2) is 55.1 Å². The Balaban J connectivity index is 1.42. The molecule has 0 bridgehead atoms. The van der Waals surface area contributed by atoms with E-state index in [1.807, 2.05) is 12.1 Å². The van der Waals surface area contributed by atoms with Crippen LogP contribution >= 0.6 is 0 Å². The fourth-order valence-electron chi connectivity index (χ4n) is 4.14. The predicted molar refractivity (Wildman–Crippen MR) is 107 cm³/mol. The number of nitrogens with zero attached hydrogens (tertiary/aromatic N) is 2. The first-order valence-electron chi connectivity index (χ1n) is 10.3. The van der Waals surface area contributed by atoms with Crippen LogP contribution in [0.25, 0.3) is 0 Å². The Bertz CT molecular complexity index is 570. The molecule has 2 heterocycles. The van der Waals surface area contributed by atoms with E-state index in [1.165, 1.54) is 38.0 Å². The summed E-state index contributed by atoms with van der Waals surface area (Å²) in [4.78, 5) is 16.4. The number of benzene rings is 1. The fourth-order valence-corrected chi connectivity index (χ4v) is 4.14. The molecule has 0 unspecified atom stereocenters. The first-order valence-corrected chi connectivity index (χ1v) is 10.3. The SMILES string of the molecule is CC[C@@H](C)N1CCC(OC2CCN(c3ccc(C(C)=O)cc3)CC2)CC1. The van der Waals surface area contributed by atoms with Crippen LogP contribution in [-0.2, 0) is 4.74 Å². The Kier molecular flexibility index (Phi) is 6.71. The molecule has 26 heavy (non-hydrogen) atoms. The van der Waals surface area contributed by atoms with E-state index in [0.717, 1.165) is 31.5 Å². The van der Waals surface area contributed by atoms with Crippen LogP contribution in [0.3, 0.4) is 0 Å². The van der Waals surface area contributed by atoms with Crippen molar-refractivity contribution in [3.63, 3.8) is 0 Å². The molecule has 144 valence electrons. The van der Waals surface area contributed by atoms with Gasteiger partial charge in [-0.3, -0.25) is 4.79 Å². The monoisotopic (exact) mass is 358 g/mol. The van der Waals surface area contributed by atoms with Gasteiger partial charge in [0.2, 0.25) is 0 Å². The van der Waals surface area contributed by atoms with Crippen molar-refractivity contribution in [2.24, 2.45) is 0 Å². The van der Waals surface area contributed by atoms with Crippen molar-refractivity contribution in [2.45, 2.75) is 71.1 Å². The van der Waals surface area contributed by atoms with Crippen molar-refractivity contribution in [2.75, 3.05) is 31.1 Å². The van der Waals surface area contributed by atoms with Gasteiger partial charge in [0.15, 0.2) is 5.78 Å². The Labute approximate surface area is 158 Å². The minimum absolute atomic E-state index is 0.128. The Morgan fingerprint density at radius 3 is 2.08 bits per heavy atom. The van der Waals surface area contributed by atoms with E-state index < -0.39 is 0 Å². The van der Waals surface area contributed by atoms with Gasteiger partial charge in [0.1, 0.15) is 0 Å². The highest BCUT2D eigenvalue weighted by Gasteiger charge is 2.27. The molecule has 0 amide bonds. The number of carbonyl (C=O) groups excluding carboxylic acids is 1. The molecular formula is C22H34N2O2. The first kappa shape index (κ1) is 19.4. The number of ether oxygens (including phenoxy) is 1. The Morgan fingerprint density at radius 2 is 1.58 bits per heavy atom. The van der Waals surface area contributed by atoms with E-state index in [4.69, 9.17) is 4.74 Å². The average Bonchev–Trinajstić information content (AvgIpc) is 2.68. The molecule has 2 saturated heterocycles. The molecule has 1 aromatic carbocycles. The van der Waals surface area contributed by atoms with Gasteiger partial charge in [0.25, 0.3) is 0 Å². The molecule has 0 spiro atoms. The molecule has 2 aliphatic rings. The summed E-state index contributed by atoms with van der Waals surface area (Å²) in [6, 6.07) is 8.72. The van der Waals surface area contributed by atoms with Crippen molar-refractivity contribution < 1.29 is 9.53 Å². The lowest BCUT2D eigenvalue weighted by Gasteiger charge is -2.39. The minimum Gasteiger partial charge on any atom is -0.375 e. The zero-order chi connectivity index (χ0) is 18.5. The number of rotatable bonds is 6. The van der Waals surface area contributed by atoms with Crippen LogP contribution in [0.15, 0.2) is 24.3 Å². The zero-order valence-corrected chi connectivity index (χ0v) is 16.6. The number of anilines is 1. The maximum atomic E-state index is 11.4. The zero-order valence-electron chi connectivity index (χ0n) is 16.6. The molecule has 0 saturated carbocycles. The summed E-state index contributed by atoms with van der Waals surface area (Å²) in [5.74, 6) is 0.128. The van der Waals surface area contributed by atoms with Gasteiger partial charge in [-0.15, -0.1) is 0 Å². The van der Waals surface area contributed by atoms with Crippen molar-refractivity contribution in [3.05, 3.63) is 29.8 Å². The van der Waals surface area contributed by atoms with Gasteiger partial charge in [0, 0.05) is 43.5 Å². The Morgan fingerprint density at radius 1 is 1.04 bits per heavy atom. The topological polar surface area (TPSA) is 32.8 Å². The maximum absolute atomic E-state index is 11.4. The van der Waals surface area contributed by atoms with Gasteiger partial charge in [-0.2, -0.15) is 0 Å². The third kappa shape index (κ3) is 4.86. The van der Waals surface area contributed by atoms with Gasteiger partial charge in [-0.1, -0.05) is 6.92 Å². The second-order valence-electron chi connectivity index (χ2n) is 7.92. The first-order chi connectivity index (χ1) is 12.6. The molecule has 4 heteroatoms. The van der Waals surface area contributed by atoms with E-state index in [0.29, 0.717) is 18.2 Å². The summed E-state index contributed by atoms with van der Waals surface area (Å²) in [5, 5.41) is 0. The molecule has 3 rings (SSSR count). The smallest absolute Gasteiger partial charge is 0.159 e. The number of carbonyl (C=O) groups is 1. The Hall–Kier alpha value is -1.39.